The summed E-state index contributed by atoms with van der Waals surface area (Å²) in [5.74, 6) is 0.672. The lowest BCUT2D eigenvalue weighted by molar-refractivity contribution is 0.401. The molecule has 2 N–H and O–H groups in total. The number of fused-ring (bicyclic) bond motifs is 1. The minimum Gasteiger partial charge on any atom is -0.329 e. The molecule has 7 heteroatoms. The topological polar surface area (TPSA) is 83.5 Å². The van der Waals surface area contributed by atoms with Crippen molar-refractivity contribution in [3.05, 3.63) is 31.3 Å². The SMILES string of the molecule is Cn1c(=O)[nH]c(=O)c2c(=S)nc(CC(C)(C)C)[nH]c21. The normalized spacial score (nSPS) is 12.0. The molecule has 0 atom stereocenters. The van der Waals surface area contributed by atoms with Crippen LogP contribution < -0.4 is 11.2 Å². The zero-order chi connectivity index (χ0) is 14.4. The van der Waals surface area contributed by atoms with Crippen LogP contribution in [-0.4, -0.2) is 19.5 Å². The lowest BCUT2D eigenvalue weighted by Gasteiger charge is -2.17. The Hall–Kier alpha value is -1.76. The van der Waals surface area contributed by atoms with Gasteiger partial charge in [-0.2, -0.15) is 0 Å². The number of aromatic nitrogens is 4. The van der Waals surface area contributed by atoms with Crippen LogP contribution in [-0.2, 0) is 13.5 Å². The number of hydrogen-bond acceptors (Lipinski definition) is 4. The molecule has 0 saturated heterocycles. The molecule has 0 amide bonds. The van der Waals surface area contributed by atoms with Crippen molar-refractivity contribution in [1.82, 2.24) is 19.5 Å². The predicted octanol–water partition coefficient (Wildman–Crippen LogP) is 1.27. The quantitative estimate of drug-likeness (QED) is 0.770. The van der Waals surface area contributed by atoms with E-state index in [0.717, 1.165) is 0 Å². The van der Waals surface area contributed by atoms with Crippen LogP contribution in [0.5, 0.6) is 0 Å². The van der Waals surface area contributed by atoms with Crippen LogP contribution in [0, 0.1) is 10.1 Å². The summed E-state index contributed by atoms with van der Waals surface area (Å²) in [6.07, 6.45) is 0.674. The fourth-order valence-electron chi connectivity index (χ4n) is 1.89. The second-order valence-corrected chi connectivity index (χ2v) is 6.15. The van der Waals surface area contributed by atoms with Gasteiger partial charge in [0.2, 0.25) is 0 Å². The first-order chi connectivity index (χ1) is 8.69. The van der Waals surface area contributed by atoms with Crippen molar-refractivity contribution in [3.8, 4) is 0 Å². The van der Waals surface area contributed by atoms with Gasteiger partial charge in [-0.3, -0.25) is 14.3 Å². The fraction of sp³-hybridized carbons (Fsp3) is 0.500. The van der Waals surface area contributed by atoms with Gasteiger partial charge in [-0.05, 0) is 5.41 Å². The molecule has 102 valence electrons. The number of nitrogens with one attached hydrogen (secondary N) is 2. The Bertz CT molecular complexity index is 808. The number of aromatic amines is 2. The second kappa shape index (κ2) is 4.41. The minimum atomic E-state index is -0.505. The molecule has 0 radical (unpaired) electrons. The Kier molecular flexibility index (Phi) is 3.17. The molecule has 0 saturated carbocycles. The summed E-state index contributed by atoms with van der Waals surface area (Å²) in [6, 6.07) is 0. The first kappa shape index (κ1) is 13.7. The highest BCUT2D eigenvalue weighted by molar-refractivity contribution is 7.71. The van der Waals surface area contributed by atoms with Crippen molar-refractivity contribution in [1.29, 1.82) is 0 Å². The van der Waals surface area contributed by atoms with E-state index in [2.05, 4.69) is 35.7 Å². The van der Waals surface area contributed by atoms with Crippen LogP contribution >= 0.6 is 12.2 Å². The Labute approximate surface area is 114 Å². The minimum absolute atomic E-state index is 0.0268. The van der Waals surface area contributed by atoms with Crippen molar-refractivity contribution < 1.29 is 0 Å². The Morgan fingerprint density at radius 2 is 1.89 bits per heavy atom. The van der Waals surface area contributed by atoms with Gasteiger partial charge in [-0.15, -0.1) is 0 Å². The van der Waals surface area contributed by atoms with E-state index < -0.39 is 11.2 Å². The van der Waals surface area contributed by atoms with Gasteiger partial charge in [0.05, 0.1) is 0 Å². The van der Waals surface area contributed by atoms with E-state index in [0.29, 0.717) is 17.9 Å². The van der Waals surface area contributed by atoms with Gasteiger partial charge in [0.25, 0.3) is 5.56 Å². The highest BCUT2D eigenvalue weighted by Gasteiger charge is 2.15. The zero-order valence-electron chi connectivity index (χ0n) is 11.3. The number of H-pyrrole nitrogens is 2. The lowest BCUT2D eigenvalue weighted by atomic mass is 9.92. The summed E-state index contributed by atoms with van der Waals surface area (Å²) >= 11 is 5.15. The molecule has 0 fully saturated rings. The molecule has 0 aliphatic heterocycles. The predicted molar refractivity (Wildman–Crippen MR) is 75.9 cm³/mol. The van der Waals surface area contributed by atoms with E-state index in [1.165, 1.54) is 4.57 Å². The van der Waals surface area contributed by atoms with Gasteiger partial charge >= 0.3 is 5.69 Å². The molecule has 2 aromatic heterocycles. The second-order valence-electron chi connectivity index (χ2n) is 5.77. The Morgan fingerprint density at radius 1 is 1.26 bits per heavy atom. The van der Waals surface area contributed by atoms with E-state index in [-0.39, 0.29) is 15.4 Å². The molecule has 0 bridgehead atoms. The van der Waals surface area contributed by atoms with Gasteiger partial charge in [-0.1, -0.05) is 33.0 Å². The van der Waals surface area contributed by atoms with Crippen LogP contribution in [0.1, 0.15) is 26.6 Å². The van der Waals surface area contributed by atoms with Gasteiger partial charge < -0.3 is 4.98 Å². The molecule has 0 aliphatic rings. The molecule has 2 rings (SSSR count). The van der Waals surface area contributed by atoms with Crippen molar-refractivity contribution in [2.45, 2.75) is 27.2 Å². The third-order valence-electron chi connectivity index (χ3n) is 2.74. The van der Waals surface area contributed by atoms with Gasteiger partial charge in [-0.25, -0.2) is 9.78 Å². The molecular formula is C12H16N4O2S. The number of nitrogens with zero attached hydrogens (tertiary/aromatic N) is 2. The third kappa shape index (κ3) is 2.65. The molecule has 19 heavy (non-hydrogen) atoms. The molecule has 0 aromatic carbocycles. The first-order valence-corrected chi connectivity index (χ1v) is 6.32. The van der Waals surface area contributed by atoms with E-state index in [1.54, 1.807) is 7.05 Å². The molecule has 0 unspecified atom stereocenters. The first-order valence-electron chi connectivity index (χ1n) is 5.91. The lowest BCUT2D eigenvalue weighted by Crippen LogP contribution is -2.30. The van der Waals surface area contributed by atoms with Crippen molar-refractivity contribution >= 4 is 23.3 Å². The highest BCUT2D eigenvalue weighted by atomic mass is 32.1. The van der Waals surface area contributed by atoms with Crippen LogP contribution in [0.25, 0.3) is 11.0 Å². The maximum absolute atomic E-state index is 11.8. The van der Waals surface area contributed by atoms with Crippen LogP contribution in [0.2, 0.25) is 0 Å². The Balaban J connectivity index is 2.83. The van der Waals surface area contributed by atoms with Gasteiger partial charge in [0.1, 0.15) is 21.5 Å². The summed E-state index contributed by atoms with van der Waals surface area (Å²) in [4.78, 5) is 32.9. The smallest absolute Gasteiger partial charge is 0.329 e. The van der Waals surface area contributed by atoms with Crippen molar-refractivity contribution in [2.75, 3.05) is 0 Å². The molecule has 2 heterocycles. The molecule has 0 aliphatic carbocycles. The largest absolute Gasteiger partial charge is 0.329 e. The van der Waals surface area contributed by atoms with Gasteiger partial charge in [0, 0.05) is 13.5 Å². The summed E-state index contributed by atoms with van der Waals surface area (Å²) in [5, 5.41) is 0.245. The van der Waals surface area contributed by atoms with Crippen molar-refractivity contribution in [3.63, 3.8) is 0 Å². The van der Waals surface area contributed by atoms with E-state index in [1.807, 2.05) is 0 Å². The number of rotatable bonds is 1. The number of hydrogen-bond donors (Lipinski definition) is 2. The van der Waals surface area contributed by atoms with E-state index in [4.69, 9.17) is 12.2 Å². The Morgan fingerprint density at radius 3 is 2.47 bits per heavy atom. The maximum Gasteiger partial charge on any atom is 0.329 e. The molecule has 6 nitrogen and oxygen atoms in total. The molecule has 2 aromatic rings. The van der Waals surface area contributed by atoms with E-state index in [9.17, 15) is 9.59 Å². The maximum atomic E-state index is 11.8. The van der Waals surface area contributed by atoms with Crippen molar-refractivity contribution in [2.24, 2.45) is 12.5 Å². The average molecular weight is 280 g/mol. The zero-order valence-corrected chi connectivity index (χ0v) is 12.1. The standard InChI is InChI=1S/C12H16N4O2S/c1-12(2,3)5-6-13-8-7(10(19)14-6)9(17)15-11(18)16(8)4/h5H2,1-4H3,(H,13,14,19)(H,15,17,18). The highest BCUT2D eigenvalue weighted by Crippen LogP contribution is 2.19. The molecular weight excluding hydrogens is 264 g/mol. The van der Waals surface area contributed by atoms with Gasteiger partial charge in [0.15, 0.2) is 0 Å². The third-order valence-corrected chi connectivity index (χ3v) is 3.03. The van der Waals surface area contributed by atoms with Crippen LogP contribution in [0.3, 0.4) is 0 Å². The summed E-state index contributed by atoms with van der Waals surface area (Å²) < 4.78 is 1.55. The monoisotopic (exact) mass is 280 g/mol. The average Bonchev–Trinajstić information content (AvgIpc) is 2.22. The molecule has 0 spiro atoms. The summed E-state index contributed by atoms with van der Waals surface area (Å²) in [6.45, 7) is 6.23. The van der Waals surface area contributed by atoms with Crippen LogP contribution in [0.4, 0.5) is 0 Å². The van der Waals surface area contributed by atoms with E-state index >= 15 is 0 Å². The van der Waals surface area contributed by atoms with Crippen LogP contribution in [0.15, 0.2) is 9.59 Å². The number of aryl methyl sites for hydroxylation is 1. The fourth-order valence-corrected chi connectivity index (χ4v) is 2.19. The summed E-state index contributed by atoms with van der Waals surface area (Å²) in [5.41, 5.74) is -0.544. The summed E-state index contributed by atoms with van der Waals surface area (Å²) in [7, 11) is 1.58.